The fraction of sp³-hybridized carbons (Fsp3) is 0.214. The van der Waals surface area contributed by atoms with Crippen LogP contribution in [0.5, 0.6) is 0 Å². The van der Waals surface area contributed by atoms with Crippen molar-refractivity contribution in [1.82, 2.24) is 10.3 Å². The van der Waals surface area contributed by atoms with E-state index in [1.165, 1.54) is 5.56 Å². The van der Waals surface area contributed by atoms with Gasteiger partial charge in [0.2, 0.25) is 5.91 Å². The number of carbonyl (C=O) groups excluding carboxylic acids is 1. The number of fused-ring (bicyclic) bond motifs is 1. The summed E-state index contributed by atoms with van der Waals surface area (Å²) in [6.45, 7) is 6.14. The summed E-state index contributed by atoms with van der Waals surface area (Å²) in [4.78, 5) is 14.8. The molecule has 3 heteroatoms. The summed E-state index contributed by atoms with van der Waals surface area (Å²) < 4.78 is 0. The zero-order valence-electron chi connectivity index (χ0n) is 9.92. The lowest BCUT2D eigenvalue weighted by Crippen LogP contribution is -2.24. The van der Waals surface area contributed by atoms with Crippen molar-refractivity contribution in [2.75, 3.05) is 6.54 Å². The first kappa shape index (κ1) is 11.5. The van der Waals surface area contributed by atoms with Gasteiger partial charge in [-0.15, -0.1) is 6.58 Å². The molecular weight excluding hydrogens is 212 g/mol. The fourth-order valence-electron chi connectivity index (χ4n) is 2.01. The van der Waals surface area contributed by atoms with Crippen LogP contribution in [0.3, 0.4) is 0 Å². The van der Waals surface area contributed by atoms with E-state index in [9.17, 15) is 4.79 Å². The first-order valence-corrected chi connectivity index (χ1v) is 5.65. The lowest BCUT2D eigenvalue weighted by Gasteiger charge is -2.03. The smallest absolute Gasteiger partial charge is 0.224 e. The molecule has 0 bridgehead atoms. The number of amides is 1. The van der Waals surface area contributed by atoms with Gasteiger partial charge in [0.05, 0.1) is 6.42 Å². The van der Waals surface area contributed by atoms with E-state index in [0.717, 1.165) is 16.5 Å². The predicted molar refractivity (Wildman–Crippen MR) is 69.9 cm³/mol. The van der Waals surface area contributed by atoms with Gasteiger partial charge in [0, 0.05) is 23.6 Å². The number of hydrogen-bond donors (Lipinski definition) is 2. The highest BCUT2D eigenvalue weighted by Gasteiger charge is 2.09. The molecule has 1 heterocycles. The van der Waals surface area contributed by atoms with Crippen LogP contribution < -0.4 is 5.32 Å². The van der Waals surface area contributed by atoms with E-state index in [4.69, 9.17) is 0 Å². The minimum Gasteiger partial charge on any atom is -0.361 e. The van der Waals surface area contributed by atoms with Crippen molar-refractivity contribution >= 4 is 16.8 Å². The maximum absolute atomic E-state index is 11.7. The summed E-state index contributed by atoms with van der Waals surface area (Å²) >= 11 is 0. The molecule has 0 aliphatic heterocycles. The maximum Gasteiger partial charge on any atom is 0.224 e. The first-order chi connectivity index (χ1) is 8.22. The molecule has 1 amide bonds. The molecule has 0 spiro atoms. The second kappa shape index (κ2) is 4.87. The Morgan fingerprint density at radius 2 is 2.35 bits per heavy atom. The summed E-state index contributed by atoms with van der Waals surface area (Å²) in [6.07, 6.45) is 3.99. The number of carbonyl (C=O) groups is 1. The van der Waals surface area contributed by atoms with E-state index in [1.54, 1.807) is 6.08 Å². The molecule has 2 N–H and O–H groups in total. The van der Waals surface area contributed by atoms with E-state index in [2.05, 4.69) is 29.9 Å². The zero-order chi connectivity index (χ0) is 12.3. The number of hydrogen-bond acceptors (Lipinski definition) is 1. The van der Waals surface area contributed by atoms with Gasteiger partial charge in [-0.2, -0.15) is 0 Å². The minimum absolute atomic E-state index is 0.0223. The van der Waals surface area contributed by atoms with Gasteiger partial charge in [0.15, 0.2) is 0 Å². The van der Waals surface area contributed by atoms with Crippen molar-refractivity contribution in [2.45, 2.75) is 13.3 Å². The van der Waals surface area contributed by atoms with Crippen LogP contribution in [-0.2, 0) is 11.2 Å². The lowest BCUT2D eigenvalue weighted by atomic mass is 10.1. The second-order valence-corrected chi connectivity index (χ2v) is 4.08. The van der Waals surface area contributed by atoms with Gasteiger partial charge in [-0.25, -0.2) is 0 Å². The quantitative estimate of drug-likeness (QED) is 0.775. The van der Waals surface area contributed by atoms with Crippen LogP contribution in [0.2, 0.25) is 0 Å². The van der Waals surface area contributed by atoms with Crippen molar-refractivity contribution in [3.8, 4) is 0 Å². The average Bonchev–Trinajstić information content (AvgIpc) is 2.71. The van der Waals surface area contributed by atoms with Crippen LogP contribution >= 0.6 is 0 Å². The fourth-order valence-corrected chi connectivity index (χ4v) is 2.01. The van der Waals surface area contributed by atoms with Crippen molar-refractivity contribution in [2.24, 2.45) is 0 Å². The first-order valence-electron chi connectivity index (χ1n) is 5.65. The Morgan fingerprint density at radius 1 is 1.53 bits per heavy atom. The molecule has 1 aromatic heterocycles. The molecule has 0 unspecified atom stereocenters. The van der Waals surface area contributed by atoms with Crippen molar-refractivity contribution in [3.63, 3.8) is 0 Å². The normalized spacial score (nSPS) is 10.4. The van der Waals surface area contributed by atoms with Crippen LogP contribution in [0.15, 0.2) is 37.1 Å². The average molecular weight is 228 g/mol. The highest BCUT2D eigenvalue weighted by Crippen LogP contribution is 2.22. The number of aromatic nitrogens is 1. The number of rotatable bonds is 4. The zero-order valence-corrected chi connectivity index (χ0v) is 9.92. The summed E-state index contributed by atoms with van der Waals surface area (Å²) in [5.74, 6) is 0.0223. The standard InChI is InChI=1S/C14H16N2O/c1-3-7-15-13(17)8-11-9-16-12-6-4-5-10(2)14(11)12/h3-6,9,16H,1,7-8H2,2H3,(H,15,17). The van der Waals surface area contributed by atoms with Crippen LogP contribution in [0.4, 0.5) is 0 Å². The lowest BCUT2D eigenvalue weighted by molar-refractivity contribution is -0.120. The summed E-state index contributed by atoms with van der Waals surface area (Å²) in [5.41, 5.74) is 3.31. The molecule has 0 fully saturated rings. The Kier molecular flexibility index (Phi) is 3.28. The molecule has 1 aromatic carbocycles. The highest BCUT2D eigenvalue weighted by molar-refractivity contribution is 5.91. The van der Waals surface area contributed by atoms with Gasteiger partial charge in [0.25, 0.3) is 0 Å². The van der Waals surface area contributed by atoms with Gasteiger partial charge >= 0.3 is 0 Å². The molecule has 0 aliphatic rings. The second-order valence-electron chi connectivity index (χ2n) is 4.08. The summed E-state index contributed by atoms with van der Waals surface area (Å²) in [7, 11) is 0. The Bertz CT molecular complexity index is 554. The predicted octanol–water partition coefficient (Wildman–Crippen LogP) is 2.32. The van der Waals surface area contributed by atoms with E-state index in [-0.39, 0.29) is 5.91 Å². The van der Waals surface area contributed by atoms with Gasteiger partial charge in [-0.1, -0.05) is 18.2 Å². The Morgan fingerprint density at radius 3 is 3.12 bits per heavy atom. The van der Waals surface area contributed by atoms with Crippen LogP contribution in [0, 0.1) is 6.92 Å². The highest BCUT2D eigenvalue weighted by atomic mass is 16.1. The molecular formula is C14H16N2O. The largest absolute Gasteiger partial charge is 0.361 e. The van der Waals surface area contributed by atoms with Crippen LogP contribution in [0.25, 0.3) is 10.9 Å². The van der Waals surface area contributed by atoms with Gasteiger partial charge < -0.3 is 10.3 Å². The van der Waals surface area contributed by atoms with E-state index < -0.39 is 0 Å². The van der Waals surface area contributed by atoms with Gasteiger partial charge in [0.1, 0.15) is 0 Å². The topological polar surface area (TPSA) is 44.9 Å². The maximum atomic E-state index is 11.7. The van der Waals surface area contributed by atoms with Crippen molar-refractivity contribution in [1.29, 1.82) is 0 Å². The third-order valence-corrected chi connectivity index (χ3v) is 2.79. The van der Waals surface area contributed by atoms with Crippen LogP contribution in [0.1, 0.15) is 11.1 Å². The number of H-pyrrole nitrogens is 1. The monoisotopic (exact) mass is 228 g/mol. The summed E-state index contributed by atoms with van der Waals surface area (Å²) in [5, 5.41) is 3.94. The minimum atomic E-state index is 0.0223. The molecule has 88 valence electrons. The Balaban J connectivity index is 2.24. The molecule has 0 saturated carbocycles. The third-order valence-electron chi connectivity index (χ3n) is 2.79. The molecule has 2 rings (SSSR count). The molecule has 3 nitrogen and oxygen atoms in total. The SMILES string of the molecule is C=CCNC(=O)Cc1c[nH]c2cccc(C)c12. The van der Waals surface area contributed by atoms with E-state index in [1.807, 2.05) is 18.3 Å². The molecule has 0 aliphatic carbocycles. The van der Waals surface area contributed by atoms with E-state index >= 15 is 0 Å². The molecule has 0 radical (unpaired) electrons. The number of aryl methyl sites for hydroxylation is 1. The van der Waals surface area contributed by atoms with E-state index in [0.29, 0.717) is 13.0 Å². The van der Waals surface area contributed by atoms with Crippen molar-refractivity contribution < 1.29 is 4.79 Å². The molecule has 0 saturated heterocycles. The number of benzene rings is 1. The Labute approximate surface area is 101 Å². The molecule has 0 atom stereocenters. The summed E-state index contributed by atoms with van der Waals surface area (Å²) in [6, 6.07) is 6.09. The van der Waals surface area contributed by atoms with Gasteiger partial charge in [-0.3, -0.25) is 4.79 Å². The van der Waals surface area contributed by atoms with Crippen molar-refractivity contribution in [3.05, 3.63) is 48.2 Å². The molecule has 2 aromatic rings. The van der Waals surface area contributed by atoms with Crippen LogP contribution in [-0.4, -0.2) is 17.4 Å². The molecule has 17 heavy (non-hydrogen) atoms. The third kappa shape index (κ3) is 2.38. The number of aromatic amines is 1. The number of nitrogens with one attached hydrogen (secondary N) is 2. The Hall–Kier alpha value is -2.03. The van der Waals surface area contributed by atoms with Gasteiger partial charge in [-0.05, 0) is 24.1 Å².